The predicted octanol–water partition coefficient (Wildman–Crippen LogP) is 2.01. The highest BCUT2D eigenvalue weighted by molar-refractivity contribution is 5.90. The zero-order valence-corrected chi connectivity index (χ0v) is 11.5. The third kappa shape index (κ3) is 3.18. The van der Waals surface area contributed by atoms with E-state index in [4.69, 9.17) is 8.83 Å². The van der Waals surface area contributed by atoms with Gasteiger partial charge in [-0.05, 0) is 24.3 Å². The van der Waals surface area contributed by atoms with Crippen molar-refractivity contribution >= 4 is 11.6 Å². The summed E-state index contributed by atoms with van der Waals surface area (Å²) in [4.78, 5) is 23.5. The molecule has 118 valence electrons. The molecule has 0 aliphatic rings. The van der Waals surface area contributed by atoms with Crippen LogP contribution in [0, 0.1) is 11.6 Å². The summed E-state index contributed by atoms with van der Waals surface area (Å²) in [6.07, 6.45) is 1.37. The lowest BCUT2D eigenvalue weighted by Gasteiger charge is -2.05. The SMILES string of the molecule is O=C(Cn1nc(-c2ccco2)oc1=O)Nc1cc(F)ccc1F. The van der Waals surface area contributed by atoms with Gasteiger partial charge >= 0.3 is 5.76 Å². The number of rotatable bonds is 4. The fraction of sp³-hybridized carbons (Fsp3) is 0.0714. The molecule has 0 bridgehead atoms. The maximum atomic E-state index is 13.4. The van der Waals surface area contributed by atoms with Gasteiger partial charge in [0.25, 0.3) is 5.89 Å². The number of halogens is 2. The molecule has 0 spiro atoms. The second-order valence-corrected chi connectivity index (χ2v) is 4.48. The summed E-state index contributed by atoms with van der Waals surface area (Å²) in [6.45, 7) is -0.529. The largest absolute Gasteiger partial charge is 0.459 e. The molecule has 0 aliphatic carbocycles. The quantitative estimate of drug-likeness (QED) is 0.794. The van der Waals surface area contributed by atoms with E-state index in [0.29, 0.717) is 0 Å². The fourth-order valence-electron chi connectivity index (χ4n) is 1.83. The molecule has 0 fully saturated rings. The Kier molecular flexibility index (Phi) is 3.75. The van der Waals surface area contributed by atoms with Crippen LogP contribution in [0.15, 0.2) is 50.2 Å². The van der Waals surface area contributed by atoms with Gasteiger partial charge in [0.15, 0.2) is 5.76 Å². The summed E-state index contributed by atoms with van der Waals surface area (Å²) >= 11 is 0. The second-order valence-electron chi connectivity index (χ2n) is 4.48. The van der Waals surface area contributed by atoms with E-state index in [1.807, 2.05) is 0 Å². The van der Waals surface area contributed by atoms with Gasteiger partial charge in [-0.2, -0.15) is 4.68 Å². The average molecular weight is 321 g/mol. The molecule has 0 atom stereocenters. The van der Waals surface area contributed by atoms with Crippen LogP contribution in [-0.4, -0.2) is 15.7 Å². The molecule has 0 aliphatic heterocycles. The van der Waals surface area contributed by atoms with Crippen molar-refractivity contribution in [1.29, 1.82) is 0 Å². The van der Waals surface area contributed by atoms with E-state index in [1.54, 1.807) is 6.07 Å². The van der Waals surface area contributed by atoms with E-state index in [0.717, 1.165) is 22.9 Å². The Morgan fingerprint density at radius 2 is 2.13 bits per heavy atom. The molecule has 0 saturated heterocycles. The Hall–Kier alpha value is -3.23. The van der Waals surface area contributed by atoms with Crippen LogP contribution in [0.3, 0.4) is 0 Å². The molecule has 3 aromatic rings. The highest BCUT2D eigenvalue weighted by atomic mass is 19.1. The minimum atomic E-state index is -0.883. The highest BCUT2D eigenvalue weighted by Crippen LogP contribution is 2.16. The normalized spacial score (nSPS) is 10.7. The first-order valence-corrected chi connectivity index (χ1v) is 6.39. The van der Waals surface area contributed by atoms with Crippen molar-refractivity contribution in [3.63, 3.8) is 0 Å². The van der Waals surface area contributed by atoms with Gasteiger partial charge in [0, 0.05) is 6.07 Å². The Balaban J connectivity index is 1.76. The van der Waals surface area contributed by atoms with Crippen LogP contribution in [-0.2, 0) is 11.3 Å². The number of nitrogens with zero attached hydrogens (tertiary/aromatic N) is 2. The van der Waals surface area contributed by atoms with Gasteiger partial charge in [0.05, 0.1) is 12.0 Å². The van der Waals surface area contributed by atoms with E-state index >= 15 is 0 Å². The van der Waals surface area contributed by atoms with Crippen molar-refractivity contribution in [2.45, 2.75) is 6.54 Å². The number of furan rings is 1. The lowest BCUT2D eigenvalue weighted by Crippen LogP contribution is -2.26. The molecule has 0 unspecified atom stereocenters. The lowest BCUT2D eigenvalue weighted by atomic mass is 10.3. The summed E-state index contributed by atoms with van der Waals surface area (Å²) in [5.41, 5.74) is -0.335. The first kappa shape index (κ1) is 14.7. The molecule has 1 aromatic carbocycles. The van der Waals surface area contributed by atoms with Crippen molar-refractivity contribution in [1.82, 2.24) is 9.78 Å². The molecule has 1 N–H and O–H groups in total. The maximum Gasteiger partial charge on any atom is 0.437 e. The molecule has 2 heterocycles. The third-order valence-electron chi connectivity index (χ3n) is 2.83. The summed E-state index contributed by atoms with van der Waals surface area (Å²) < 4.78 is 37.1. The minimum absolute atomic E-state index is 0.0928. The first-order valence-electron chi connectivity index (χ1n) is 6.39. The summed E-state index contributed by atoms with van der Waals surface area (Å²) in [7, 11) is 0. The van der Waals surface area contributed by atoms with Gasteiger partial charge in [-0.3, -0.25) is 4.79 Å². The van der Waals surface area contributed by atoms with Gasteiger partial charge in [-0.15, -0.1) is 5.10 Å². The number of nitrogens with one attached hydrogen (secondary N) is 1. The van der Waals surface area contributed by atoms with Crippen molar-refractivity contribution in [3.8, 4) is 11.7 Å². The molecular formula is C14H9F2N3O4. The third-order valence-corrected chi connectivity index (χ3v) is 2.83. The van der Waals surface area contributed by atoms with Crippen LogP contribution < -0.4 is 11.1 Å². The Morgan fingerprint density at radius 1 is 1.30 bits per heavy atom. The molecule has 2 aromatic heterocycles. The second kappa shape index (κ2) is 5.87. The zero-order valence-electron chi connectivity index (χ0n) is 11.5. The van der Waals surface area contributed by atoms with Gasteiger partial charge in [0.1, 0.15) is 18.2 Å². The number of hydrogen-bond donors (Lipinski definition) is 1. The number of carbonyl (C=O) groups is 1. The smallest absolute Gasteiger partial charge is 0.437 e. The van der Waals surface area contributed by atoms with Gasteiger partial charge < -0.3 is 14.2 Å². The van der Waals surface area contributed by atoms with Crippen LogP contribution in [0.2, 0.25) is 0 Å². The lowest BCUT2D eigenvalue weighted by molar-refractivity contribution is -0.117. The first-order chi connectivity index (χ1) is 11.0. The van der Waals surface area contributed by atoms with E-state index in [9.17, 15) is 18.4 Å². The number of carbonyl (C=O) groups excluding carboxylic acids is 1. The van der Waals surface area contributed by atoms with Crippen molar-refractivity contribution in [3.05, 3.63) is 58.8 Å². The van der Waals surface area contributed by atoms with E-state index in [1.165, 1.54) is 12.3 Å². The number of aromatic nitrogens is 2. The van der Waals surface area contributed by atoms with Crippen LogP contribution in [0.4, 0.5) is 14.5 Å². The van der Waals surface area contributed by atoms with E-state index in [-0.39, 0.29) is 17.3 Å². The van der Waals surface area contributed by atoms with Gasteiger partial charge in [0.2, 0.25) is 5.91 Å². The minimum Gasteiger partial charge on any atom is -0.459 e. The number of hydrogen-bond acceptors (Lipinski definition) is 5. The molecule has 23 heavy (non-hydrogen) atoms. The number of benzene rings is 1. The van der Waals surface area contributed by atoms with Crippen molar-refractivity contribution in [2.75, 3.05) is 5.32 Å². The molecule has 7 nitrogen and oxygen atoms in total. The highest BCUT2D eigenvalue weighted by Gasteiger charge is 2.16. The summed E-state index contributed by atoms with van der Waals surface area (Å²) in [5, 5.41) is 5.94. The fourth-order valence-corrected chi connectivity index (χ4v) is 1.83. The Morgan fingerprint density at radius 3 is 2.87 bits per heavy atom. The molecule has 3 rings (SSSR count). The van der Waals surface area contributed by atoms with Gasteiger partial charge in [-0.1, -0.05) is 0 Å². The van der Waals surface area contributed by atoms with E-state index < -0.39 is 29.8 Å². The van der Waals surface area contributed by atoms with Crippen LogP contribution in [0.5, 0.6) is 0 Å². The topological polar surface area (TPSA) is 90.3 Å². The van der Waals surface area contributed by atoms with Crippen LogP contribution in [0.25, 0.3) is 11.7 Å². The summed E-state index contributed by atoms with van der Waals surface area (Å²) in [6, 6.07) is 5.73. The van der Waals surface area contributed by atoms with Crippen molar-refractivity contribution < 1.29 is 22.4 Å². The van der Waals surface area contributed by atoms with E-state index in [2.05, 4.69) is 10.4 Å². The Labute approximate surface area is 127 Å². The average Bonchev–Trinajstić information content (AvgIpc) is 3.13. The molecule has 9 heteroatoms. The van der Waals surface area contributed by atoms with Crippen LogP contribution >= 0.6 is 0 Å². The predicted molar refractivity (Wildman–Crippen MR) is 73.5 cm³/mol. The van der Waals surface area contributed by atoms with Gasteiger partial charge in [-0.25, -0.2) is 13.6 Å². The standard InChI is InChI=1S/C14H9F2N3O4/c15-8-3-4-9(16)10(6-8)17-12(20)7-19-14(21)23-13(18-19)11-2-1-5-22-11/h1-6H,7H2,(H,17,20). The van der Waals surface area contributed by atoms with Crippen LogP contribution in [0.1, 0.15) is 0 Å². The van der Waals surface area contributed by atoms with Crippen molar-refractivity contribution in [2.24, 2.45) is 0 Å². The molecular weight excluding hydrogens is 312 g/mol. The molecule has 1 amide bonds. The molecule has 0 saturated carbocycles. The maximum absolute atomic E-state index is 13.4. The number of anilines is 1. The number of amides is 1. The molecule has 0 radical (unpaired) electrons. The summed E-state index contributed by atoms with van der Waals surface area (Å²) in [5.74, 6) is -3.03. The monoisotopic (exact) mass is 321 g/mol. The Bertz CT molecular complexity index is 899. The zero-order chi connectivity index (χ0) is 16.4.